The van der Waals surface area contributed by atoms with Gasteiger partial charge in [-0.2, -0.15) is 5.10 Å². The van der Waals surface area contributed by atoms with Gasteiger partial charge in [0.1, 0.15) is 0 Å². The number of nitrogens with one attached hydrogen (secondary N) is 1. The summed E-state index contributed by atoms with van der Waals surface area (Å²) >= 11 is 0. The van der Waals surface area contributed by atoms with E-state index in [-0.39, 0.29) is 17.3 Å². The summed E-state index contributed by atoms with van der Waals surface area (Å²) in [5.41, 5.74) is 2.98. The largest absolute Gasteiger partial charge is 0.378 e. The van der Waals surface area contributed by atoms with Crippen molar-refractivity contribution in [1.82, 2.24) is 9.78 Å². The fraction of sp³-hybridized carbons (Fsp3) is 0.438. The first-order chi connectivity index (χ1) is 10.2. The van der Waals surface area contributed by atoms with E-state index in [1.165, 1.54) is 12.1 Å². The van der Waals surface area contributed by atoms with Crippen LogP contribution in [0.3, 0.4) is 0 Å². The Kier molecular flexibility index (Phi) is 4.21. The number of nitro benzene ring substituents is 1. The quantitative estimate of drug-likeness (QED) is 0.683. The van der Waals surface area contributed by atoms with Crippen molar-refractivity contribution < 1.29 is 4.92 Å². The summed E-state index contributed by atoms with van der Waals surface area (Å²) in [5.74, 6) is 0. The van der Waals surface area contributed by atoms with E-state index in [0.717, 1.165) is 16.9 Å². The summed E-state index contributed by atoms with van der Waals surface area (Å²) in [7, 11) is 0. The number of benzene rings is 1. The van der Waals surface area contributed by atoms with E-state index in [1.807, 2.05) is 11.6 Å². The normalized spacial score (nSPS) is 13.0. The minimum Gasteiger partial charge on any atom is -0.378 e. The first kappa shape index (κ1) is 16.0. The molecule has 118 valence electrons. The Bertz CT molecular complexity index is 668. The van der Waals surface area contributed by atoms with Gasteiger partial charge in [0, 0.05) is 29.6 Å². The van der Waals surface area contributed by atoms with Crippen LogP contribution >= 0.6 is 0 Å². The summed E-state index contributed by atoms with van der Waals surface area (Å²) < 4.78 is 1.96. The number of hydrogen-bond donors (Lipinski definition) is 1. The average Bonchev–Trinajstić information content (AvgIpc) is 2.81. The number of rotatable bonds is 4. The molecule has 2 aromatic rings. The average molecular weight is 302 g/mol. The lowest BCUT2D eigenvalue weighted by Gasteiger charge is -2.19. The highest BCUT2D eigenvalue weighted by atomic mass is 16.6. The van der Waals surface area contributed by atoms with Crippen molar-refractivity contribution in [2.24, 2.45) is 0 Å². The van der Waals surface area contributed by atoms with Gasteiger partial charge in [-0.25, -0.2) is 0 Å². The minimum absolute atomic E-state index is 0.0594. The number of hydrogen-bond acceptors (Lipinski definition) is 4. The zero-order chi connectivity index (χ0) is 16.5. The van der Waals surface area contributed by atoms with Gasteiger partial charge in [-0.05, 0) is 46.8 Å². The van der Waals surface area contributed by atoms with Crippen molar-refractivity contribution >= 4 is 11.4 Å². The molecule has 6 heteroatoms. The number of aryl methyl sites for hydroxylation is 1. The second kappa shape index (κ2) is 5.79. The van der Waals surface area contributed by atoms with Crippen LogP contribution in [0.25, 0.3) is 0 Å². The second-order valence-corrected chi connectivity index (χ2v) is 6.46. The van der Waals surface area contributed by atoms with Gasteiger partial charge in [-0.1, -0.05) is 0 Å². The predicted molar refractivity (Wildman–Crippen MR) is 87.1 cm³/mol. The highest BCUT2D eigenvalue weighted by molar-refractivity contribution is 5.50. The maximum Gasteiger partial charge on any atom is 0.269 e. The highest BCUT2D eigenvalue weighted by Gasteiger charge is 2.19. The molecule has 0 radical (unpaired) electrons. The Morgan fingerprint density at radius 2 is 1.86 bits per heavy atom. The van der Waals surface area contributed by atoms with Crippen LogP contribution in [0.5, 0.6) is 0 Å². The van der Waals surface area contributed by atoms with Crippen molar-refractivity contribution in [2.75, 3.05) is 5.32 Å². The fourth-order valence-electron chi connectivity index (χ4n) is 2.25. The summed E-state index contributed by atoms with van der Waals surface area (Å²) in [4.78, 5) is 10.3. The molecule has 0 saturated carbocycles. The Morgan fingerprint density at radius 3 is 2.32 bits per heavy atom. The van der Waals surface area contributed by atoms with Crippen molar-refractivity contribution in [3.05, 3.63) is 51.8 Å². The number of aromatic nitrogens is 2. The molecule has 6 nitrogen and oxygen atoms in total. The van der Waals surface area contributed by atoms with E-state index in [1.54, 1.807) is 12.1 Å². The van der Waals surface area contributed by atoms with Crippen LogP contribution in [0.1, 0.15) is 45.0 Å². The highest BCUT2D eigenvalue weighted by Crippen LogP contribution is 2.25. The molecule has 0 aliphatic heterocycles. The fourth-order valence-corrected chi connectivity index (χ4v) is 2.25. The van der Waals surface area contributed by atoms with E-state index in [4.69, 9.17) is 0 Å². The van der Waals surface area contributed by atoms with Gasteiger partial charge in [0.2, 0.25) is 0 Å². The zero-order valence-electron chi connectivity index (χ0n) is 13.6. The van der Waals surface area contributed by atoms with Crippen LogP contribution < -0.4 is 5.32 Å². The van der Waals surface area contributed by atoms with E-state index < -0.39 is 4.92 Å². The molecule has 0 fully saturated rings. The van der Waals surface area contributed by atoms with Crippen LogP contribution in [0.15, 0.2) is 30.5 Å². The number of non-ortho nitro benzene ring substituents is 1. The molecule has 1 aromatic heterocycles. The van der Waals surface area contributed by atoms with Gasteiger partial charge in [0.25, 0.3) is 5.69 Å². The third kappa shape index (κ3) is 3.44. The standard InChI is InChI=1S/C16H22N4O2/c1-11(15-10-19(16(3,4)5)18-12(15)2)17-13-6-8-14(9-7-13)20(21)22/h6-11,17H,1-5H3. The van der Waals surface area contributed by atoms with Gasteiger partial charge < -0.3 is 5.32 Å². The van der Waals surface area contributed by atoms with Gasteiger partial charge in [-0.3, -0.25) is 14.8 Å². The van der Waals surface area contributed by atoms with E-state index in [2.05, 4.69) is 44.3 Å². The second-order valence-electron chi connectivity index (χ2n) is 6.46. The molecular formula is C16H22N4O2. The molecule has 1 N–H and O–H groups in total. The third-order valence-electron chi connectivity index (χ3n) is 3.55. The molecule has 1 unspecified atom stereocenters. The molecule has 1 aromatic carbocycles. The van der Waals surface area contributed by atoms with Crippen LogP contribution in [0.2, 0.25) is 0 Å². The van der Waals surface area contributed by atoms with E-state index >= 15 is 0 Å². The van der Waals surface area contributed by atoms with Gasteiger partial charge in [0.05, 0.1) is 22.2 Å². The van der Waals surface area contributed by atoms with Crippen molar-refractivity contribution in [3.8, 4) is 0 Å². The lowest BCUT2D eigenvalue weighted by atomic mass is 10.1. The topological polar surface area (TPSA) is 73.0 Å². The Morgan fingerprint density at radius 1 is 1.27 bits per heavy atom. The van der Waals surface area contributed by atoms with E-state index in [0.29, 0.717) is 0 Å². The number of nitrogens with zero attached hydrogens (tertiary/aromatic N) is 3. The van der Waals surface area contributed by atoms with Crippen molar-refractivity contribution in [1.29, 1.82) is 0 Å². The molecule has 0 spiro atoms. The Labute approximate surface area is 130 Å². The lowest BCUT2D eigenvalue weighted by Crippen LogP contribution is -2.22. The molecule has 0 saturated heterocycles. The molecule has 0 aliphatic carbocycles. The van der Waals surface area contributed by atoms with E-state index in [9.17, 15) is 10.1 Å². The van der Waals surface area contributed by atoms with Crippen molar-refractivity contribution in [2.45, 2.75) is 46.2 Å². The number of anilines is 1. The first-order valence-electron chi connectivity index (χ1n) is 7.26. The minimum atomic E-state index is -0.398. The molecule has 0 bridgehead atoms. The van der Waals surface area contributed by atoms with Gasteiger partial charge in [-0.15, -0.1) is 0 Å². The molecule has 0 aliphatic rings. The van der Waals surface area contributed by atoms with Crippen LogP contribution in [0.4, 0.5) is 11.4 Å². The van der Waals surface area contributed by atoms with Crippen molar-refractivity contribution in [3.63, 3.8) is 0 Å². The van der Waals surface area contributed by atoms with Crippen LogP contribution in [0, 0.1) is 17.0 Å². The SMILES string of the molecule is Cc1nn(C(C)(C)C)cc1C(C)Nc1ccc([N+](=O)[O-])cc1. The molecule has 1 heterocycles. The smallest absolute Gasteiger partial charge is 0.269 e. The summed E-state index contributed by atoms with van der Waals surface area (Å²) in [5, 5.41) is 18.6. The summed E-state index contributed by atoms with van der Waals surface area (Å²) in [6.07, 6.45) is 2.05. The molecular weight excluding hydrogens is 280 g/mol. The lowest BCUT2D eigenvalue weighted by molar-refractivity contribution is -0.384. The molecule has 1 atom stereocenters. The molecule has 22 heavy (non-hydrogen) atoms. The number of nitro groups is 1. The van der Waals surface area contributed by atoms with Crippen LogP contribution in [-0.4, -0.2) is 14.7 Å². The monoisotopic (exact) mass is 302 g/mol. The Hall–Kier alpha value is -2.37. The van der Waals surface area contributed by atoms with Crippen LogP contribution in [-0.2, 0) is 5.54 Å². The maximum absolute atomic E-state index is 10.7. The zero-order valence-corrected chi connectivity index (χ0v) is 13.6. The molecule has 2 rings (SSSR count). The third-order valence-corrected chi connectivity index (χ3v) is 3.55. The van der Waals surface area contributed by atoms with Gasteiger partial charge in [0.15, 0.2) is 0 Å². The summed E-state index contributed by atoms with van der Waals surface area (Å²) in [6.45, 7) is 10.4. The van der Waals surface area contributed by atoms with Gasteiger partial charge >= 0.3 is 0 Å². The molecule has 0 amide bonds. The predicted octanol–water partition coefficient (Wildman–Crippen LogP) is 4.03. The summed E-state index contributed by atoms with van der Waals surface area (Å²) in [6, 6.07) is 6.51. The first-order valence-corrected chi connectivity index (χ1v) is 7.26. The maximum atomic E-state index is 10.7. The Balaban J connectivity index is 2.17.